The Balaban J connectivity index is 2.26. The van der Waals surface area contributed by atoms with Crippen LogP contribution in [0.25, 0.3) is 0 Å². The molecule has 2 heterocycles. The molecule has 0 saturated heterocycles. The zero-order valence-electron chi connectivity index (χ0n) is 9.70. The number of H-pyrrole nitrogens is 1. The second kappa shape index (κ2) is 5.16. The summed E-state index contributed by atoms with van der Waals surface area (Å²) in [7, 11) is -3.84. The van der Waals surface area contributed by atoms with Gasteiger partial charge in [0.2, 0.25) is 0 Å². The van der Waals surface area contributed by atoms with E-state index in [0.717, 1.165) is 11.6 Å². The highest BCUT2D eigenvalue weighted by Crippen LogP contribution is 2.11. The van der Waals surface area contributed by atoms with E-state index in [0.29, 0.717) is 0 Å². The number of anilines is 1. The highest BCUT2D eigenvalue weighted by molar-refractivity contribution is 7.92. The summed E-state index contributed by atoms with van der Waals surface area (Å²) < 4.78 is 26.1. The summed E-state index contributed by atoms with van der Waals surface area (Å²) in [5.41, 5.74) is 5.70. The second-order valence-corrected chi connectivity index (χ2v) is 5.25. The van der Waals surface area contributed by atoms with Crippen LogP contribution in [0.4, 0.5) is 5.82 Å². The van der Waals surface area contributed by atoms with Crippen molar-refractivity contribution in [3.05, 3.63) is 46.4 Å². The summed E-state index contributed by atoms with van der Waals surface area (Å²) in [6.07, 6.45) is 1.38. The standard InChI is InChI=1S/C10H11N5O3S/c11-5-7-1-4-10(12-6-7)19(17,18)15-8-2-3-9(16)14-13-8/h1-4,6H,5,11H2,(H,13,15)(H,14,16). The van der Waals surface area contributed by atoms with Crippen LogP contribution in [0.1, 0.15) is 5.56 Å². The van der Waals surface area contributed by atoms with Gasteiger partial charge < -0.3 is 5.73 Å². The Morgan fingerprint density at radius 3 is 2.58 bits per heavy atom. The molecule has 0 unspecified atom stereocenters. The molecule has 0 aliphatic rings. The third-order valence-corrected chi connectivity index (χ3v) is 3.50. The van der Waals surface area contributed by atoms with Crippen molar-refractivity contribution in [3.63, 3.8) is 0 Å². The van der Waals surface area contributed by atoms with Crippen LogP contribution in [0.15, 0.2) is 40.3 Å². The van der Waals surface area contributed by atoms with E-state index < -0.39 is 15.6 Å². The number of hydrogen-bond donors (Lipinski definition) is 3. The van der Waals surface area contributed by atoms with Crippen LogP contribution < -0.4 is 16.0 Å². The van der Waals surface area contributed by atoms with Gasteiger partial charge in [-0.15, -0.1) is 0 Å². The Bertz CT molecular complexity index is 703. The fourth-order valence-corrected chi connectivity index (χ4v) is 2.21. The zero-order chi connectivity index (χ0) is 13.9. The van der Waals surface area contributed by atoms with E-state index >= 15 is 0 Å². The van der Waals surface area contributed by atoms with Crippen molar-refractivity contribution in [2.75, 3.05) is 4.72 Å². The molecule has 100 valence electrons. The van der Waals surface area contributed by atoms with Crippen LogP contribution in [0.3, 0.4) is 0 Å². The topological polar surface area (TPSA) is 131 Å². The van der Waals surface area contributed by atoms with Gasteiger partial charge in [-0.2, -0.15) is 13.5 Å². The van der Waals surface area contributed by atoms with Crippen molar-refractivity contribution >= 4 is 15.8 Å². The maximum absolute atomic E-state index is 11.9. The predicted octanol–water partition coefficient (Wildman–Crippen LogP) is -0.576. The van der Waals surface area contributed by atoms with Gasteiger partial charge in [0.25, 0.3) is 15.6 Å². The molecule has 0 amide bonds. The number of aromatic amines is 1. The van der Waals surface area contributed by atoms with Gasteiger partial charge in [-0.3, -0.25) is 9.52 Å². The maximum Gasteiger partial charge on any atom is 0.280 e. The molecule has 0 radical (unpaired) electrons. The van der Waals surface area contributed by atoms with Crippen LogP contribution in [-0.4, -0.2) is 23.6 Å². The Morgan fingerprint density at radius 2 is 2.05 bits per heavy atom. The molecule has 2 aromatic rings. The number of pyridine rings is 1. The molecule has 2 aromatic heterocycles. The Labute approximate surface area is 108 Å². The lowest BCUT2D eigenvalue weighted by Gasteiger charge is -2.06. The van der Waals surface area contributed by atoms with E-state index in [4.69, 9.17) is 5.73 Å². The highest BCUT2D eigenvalue weighted by atomic mass is 32.2. The van der Waals surface area contributed by atoms with Gasteiger partial charge in [-0.05, 0) is 17.7 Å². The first-order valence-electron chi connectivity index (χ1n) is 5.25. The molecule has 0 aromatic carbocycles. The fraction of sp³-hybridized carbons (Fsp3) is 0.100. The number of aromatic nitrogens is 3. The van der Waals surface area contributed by atoms with Crippen LogP contribution in [0.5, 0.6) is 0 Å². The molecule has 19 heavy (non-hydrogen) atoms. The van der Waals surface area contributed by atoms with E-state index in [9.17, 15) is 13.2 Å². The van der Waals surface area contributed by atoms with Crippen molar-refractivity contribution in [2.45, 2.75) is 11.6 Å². The molecule has 2 rings (SSSR count). The molecular weight excluding hydrogens is 270 g/mol. The Kier molecular flexibility index (Phi) is 3.58. The normalized spacial score (nSPS) is 11.2. The van der Waals surface area contributed by atoms with Crippen molar-refractivity contribution in [1.82, 2.24) is 15.2 Å². The van der Waals surface area contributed by atoms with Gasteiger partial charge in [0, 0.05) is 18.8 Å². The van der Waals surface area contributed by atoms with E-state index in [1.165, 1.54) is 18.3 Å². The fourth-order valence-electron chi connectivity index (χ4n) is 1.28. The maximum atomic E-state index is 11.9. The molecular formula is C10H11N5O3S. The minimum absolute atomic E-state index is 0.00398. The number of rotatable bonds is 4. The molecule has 0 fully saturated rings. The average Bonchev–Trinajstić information content (AvgIpc) is 2.41. The minimum atomic E-state index is -3.84. The summed E-state index contributed by atoms with van der Waals surface area (Å²) >= 11 is 0. The van der Waals surface area contributed by atoms with Gasteiger partial charge >= 0.3 is 0 Å². The Hall–Kier alpha value is -2.26. The molecule has 8 nitrogen and oxygen atoms in total. The summed E-state index contributed by atoms with van der Waals surface area (Å²) in [5, 5.41) is 5.51. The molecule has 0 bridgehead atoms. The van der Waals surface area contributed by atoms with E-state index in [1.807, 2.05) is 0 Å². The van der Waals surface area contributed by atoms with Gasteiger partial charge in [-0.1, -0.05) is 6.07 Å². The van der Waals surface area contributed by atoms with Gasteiger partial charge in [-0.25, -0.2) is 10.1 Å². The van der Waals surface area contributed by atoms with Crippen molar-refractivity contribution in [3.8, 4) is 0 Å². The number of hydrogen-bond acceptors (Lipinski definition) is 6. The third-order valence-electron chi connectivity index (χ3n) is 2.23. The third kappa shape index (κ3) is 3.14. The first-order valence-corrected chi connectivity index (χ1v) is 6.73. The Morgan fingerprint density at radius 1 is 1.26 bits per heavy atom. The van der Waals surface area contributed by atoms with E-state index in [2.05, 4.69) is 19.9 Å². The molecule has 0 spiro atoms. The van der Waals surface area contributed by atoms with Crippen molar-refractivity contribution in [2.24, 2.45) is 5.73 Å². The lowest BCUT2D eigenvalue weighted by atomic mass is 10.3. The van der Waals surface area contributed by atoms with E-state index in [-0.39, 0.29) is 17.4 Å². The molecule has 9 heteroatoms. The van der Waals surface area contributed by atoms with Crippen LogP contribution in [-0.2, 0) is 16.6 Å². The summed E-state index contributed by atoms with van der Waals surface area (Å²) in [4.78, 5) is 14.6. The summed E-state index contributed by atoms with van der Waals surface area (Å²) in [5.74, 6) is 0.00398. The lowest BCUT2D eigenvalue weighted by molar-refractivity contribution is 0.597. The largest absolute Gasteiger partial charge is 0.326 e. The number of nitrogens with two attached hydrogens (primary N) is 1. The molecule has 4 N–H and O–H groups in total. The molecule has 0 atom stereocenters. The average molecular weight is 281 g/mol. The van der Waals surface area contributed by atoms with Gasteiger partial charge in [0.05, 0.1) is 0 Å². The smallest absolute Gasteiger partial charge is 0.280 e. The first-order chi connectivity index (χ1) is 9.01. The zero-order valence-corrected chi connectivity index (χ0v) is 10.5. The van der Waals surface area contributed by atoms with Crippen molar-refractivity contribution < 1.29 is 8.42 Å². The molecule has 0 aliphatic heterocycles. The first kappa shape index (κ1) is 13.2. The minimum Gasteiger partial charge on any atom is -0.326 e. The van der Waals surface area contributed by atoms with Crippen molar-refractivity contribution in [1.29, 1.82) is 0 Å². The van der Waals surface area contributed by atoms with E-state index in [1.54, 1.807) is 6.07 Å². The molecule has 0 aliphatic carbocycles. The number of nitrogens with zero attached hydrogens (tertiary/aromatic N) is 2. The van der Waals surface area contributed by atoms with Crippen LogP contribution >= 0.6 is 0 Å². The molecule has 0 saturated carbocycles. The van der Waals surface area contributed by atoms with Gasteiger partial charge in [0.15, 0.2) is 10.8 Å². The predicted molar refractivity (Wildman–Crippen MR) is 67.8 cm³/mol. The SMILES string of the molecule is NCc1ccc(S(=O)(=O)Nc2ccc(=O)[nH]n2)nc1. The highest BCUT2D eigenvalue weighted by Gasteiger charge is 2.16. The monoisotopic (exact) mass is 281 g/mol. The van der Waals surface area contributed by atoms with Gasteiger partial charge in [0.1, 0.15) is 0 Å². The summed E-state index contributed by atoms with van der Waals surface area (Å²) in [6, 6.07) is 5.33. The second-order valence-electron chi connectivity index (χ2n) is 3.62. The number of nitrogens with one attached hydrogen (secondary N) is 2. The lowest BCUT2D eigenvalue weighted by Crippen LogP contribution is -2.17. The quantitative estimate of drug-likeness (QED) is 0.687. The number of sulfonamides is 1. The van der Waals surface area contributed by atoms with Crippen LogP contribution in [0.2, 0.25) is 0 Å². The van der Waals surface area contributed by atoms with Crippen LogP contribution in [0, 0.1) is 0 Å². The summed E-state index contributed by atoms with van der Waals surface area (Å²) in [6.45, 7) is 0.280.